The van der Waals surface area contributed by atoms with Gasteiger partial charge in [0.1, 0.15) is 6.61 Å². The van der Waals surface area contributed by atoms with E-state index in [0.29, 0.717) is 13.2 Å². The van der Waals surface area contributed by atoms with E-state index in [4.69, 9.17) is 14.2 Å². The van der Waals surface area contributed by atoms with Gasteiger partial charge in [0.2, 0.25) is 6.79 Å². The Morgan fingerprint density at radius 2 is 1.96 bits per heavy atom. The highest BCUT2D eigenvalue weighted by molar-refractivity contribution is 9.10. The smallest absolute Gasteiger partial charge is 0.231 e. The summed E-state index contributed by atoms with van der Waals surface area (Å²) in [5.74, 6) is 1.46. The van der Waals surface area contributed by atoms with Crippen LogP contribution >= 0.6 is 15.9 Å². The minimum absolute atomic E-state index is 0.261. The molecule has 0 atom stereocenters. The quantitative estimate of drug-likeness (QED) is 0.760. The molecule has 4 nitrogen and oxygen atoms in total. The molecule has 2 aromatic rings. The molecular formula is C17H17BrFNO3. The second kappa shape index (κ2) is 7.19. The molecule has 0 aromatic heterocycles. The van der Waals surface area contributed by atoms with Gasteiger partial charge >= 0.3 is 0 Å². The Morgan fingerprint density at radius 3 is 2.74 bits per heavy atom. The average molecular weight is 382 g/mol. The molecule has 0 saturated heterocycles. The Hall–Kier alpha value is -1.79. The lowest BCUT2D eigenvalue weighted by Crippen LogP contribution is -2.24. The van der Waals surface area contributed by atoms with Crippen molar-refractivity contribution in [2.24, 2.45) is 0 Å². The van der Waals surface area contributed by atoms with E-state index in [1.165, 1.54) is 6.07 Å². The molecule has 0 saturated carbocycles. The van der Waals surface area contributed by atoms with Crippen LogP contribution in [0.2, 0.25) is 0 Å². The predicted molar refractivity (Wildman–Crippen MR) is 88.5 cm³/mol. The second-order valence-corrected chi connectivity index (χ2v) is 6.17. The fourth-order valence-electron chi connectivity index (χ4n) is 2.32. The number of halogens is 2. The molecule has 0 bridgehead atoms. The fraction of sp³-hybridized carbons (Fsp3) is 0.294. The van der Waals surface area contributed by atoms with Crippen LogP contribution in [0.4, 0.5) is 4.39 Å². The van der Waals surface area contributed by atoms with Crippen molar-refractivity contribution >= 4 is 15.9 Å². The summed E-state index contributed by atoms with van der Waals surface area (Å²) in [7, 11) is 1.99. The zero-order valence-corrected chi connectivity index (χ0v) is 14.3. The molecule has 3 rings (SSSR count). The first-order valence-corrected chi connectivity index (χ1v) is 8.06. The summed E-state index contributed by atoms with van der Waals surface area (Å²) in [4.78, 5) is 2.10. The number of para-hydroxylation sites is 1. The van der Waals surface area contributed by atoms with E-state index in [-0.39, 0.29) is 18.4 Å². The third-order valence-corrected chi connectivity index (χ3v) is 4.29. The fourth-order valence-corrected chi connectivity index (χ4v) is 2.77. The largest absolute Gasteiger partial charge is 0.489 e. The van der Waals surface area contributed by atoms with Crippen LogP contribution < -0.4 is 14.2 Å². The van der Waals surface area contributed by atoms with Gasteiger partial charge < -0.3 is 14.2 Å². The van der Waals surface area contributed by atoms with Crippen molar-refractivity contribution in [2.45, 2.75) is 6.54 Å². The maximum atomic E-state index is 13.5. The number of nitrogens with zero attached hydrogens (tertiary/aromatic N) is 1. The number of rotatable bonds is 6. The SMILES string of the molecule is CN(CCOc1ccccc1F)Cc1cc2c(cc1Br)OCO2. The monoisotopic (exact) mass is 381 g/mol. The van der Waals surface area contributed by atoms with Gasteiger partial charge in [-0.1, -0.05) is 28.1 Å². The number of hydrogen-bond acceptors (Lipinski definition) is 4. The van der Waals surface area contributed by atoms with Crippen molar-refractivity contribution in [3.63, 3.8) is 0 Å². The molecule has 23 heavy (non-hydrogen) atoms. The van der Waals surface area contributed by atoms with Crippen LogP contribution in [0.5, 0.6) is 17.2 Å². The zero-order chi connectivity index (χ0) is 16.2. The number of ether oxygens (including phenoxy) is 3. The van der Waals surface area contributed by atoms with E-state index < -0.39 is 0 Å². The first kappa shape index (κ1) is 16.1. The first-order valence-electron chi connectivity index (χ1n) is 7.27. The minimum Gasteiger partial charge on any atom is -0.489 e. The van der Waals surface area contributed by atoms with E-state index in [0.717, 1.165) is 28.1 Å². The van der Waals surface area contributed by atoms with Gasteiger partial charge in [0.05, 0.1) is 0 Å². The van der Waals surface area contributed by atoms with Gasteiger partial charge in [-0.3, -0.25) is 4.90 Å². The van der Waals surface area contributed by atoms with Crippen molar-refractivity contribution in [2.75, 3.05) is 27.0 Å². The highest BCUT2D eigenvalue weighted by atomic mass is 79.9. The highest BCUT2D eigenvalue weighted by Crippen LogP contribution is 2.37. The normalized spacial score (nSPS) is 12.7. The standard InChI is InChI=1S/C17H17BrFNO3/c1-20(6-7-21-15-5-3-2-4-14(15)19)10-12-8-16-17(9-13(12)18)23-11-22-16/h2-5,8-9H,6-7,10-11H2,1H3. The summed E-state index contributed by atoms with van der Waals surface area (Å²) >= 11 is 3.55. The van der Waals surface area contributed by atoms with Crippen LogP contribution in [-0.4, -0.2) is 31.9 Å². The summed E-state index contributed by atoms with van der Waals surface area (Å²) in [6.45, 7) is 2.07. The van der Waals surface area contributed by atoms with Gasteiger partial charge in [-0.2, -0.15) is 0 Å². The Morgan fingerprint density at radius 1 is 1.22 bits per heavy atom. The molecular weight excluding hydrogens is 365 g/mol. The third-order valence-electron chi connectivity index (χ3n) is 3.55. The molecule has 1 aliphatic heterocycles. The molecule has 1 aliphatic rings. The Labute approximate surface area is 142 Å². The van der Waals surface area contributed by atoms with Crippen LogP contribution in [-0.2, 0) is 6.54 Å². The lowest BCUT2D eigenvalue weighted by molar-refractivity contribution is 0.174. The van der Waals surface area contributed by atoms with Crippen LogP contribution in [0.15, 0.2) is 40.9 Å². The van der Waals surface area contributed by atoms with Crippen molar-refractivity contribution < 1.29 is 18.6 Å². The summed E-state index contributed by atoms with van der Waals surface area (Å²) in [5, 5.41) is 0. The van der Waals surface area contributed by atoms with Crippen molar-refractivity contribution in [1.29, 1.82) is 0 Å². The Balaban J connectivity index is 1.54. The highest BCUT2D eigenvalue weighted by Gasteiger charge is 2.17. The number of likely N-dealkylation sites (N-methyl/N-ethyl adjacent to an activating group) is 1. The van der Waals surface area contributed by atoms with E-state index >= 15 is 0 Å². The molecule has 0 fully saturated rings. The van der Waals surface area contributed by atoms with Gasteiger partial charge in [-0.25, -0.2) is 4.39 Å². The number of benzene rings is 2. The van der Waals surface area contributed by atoms with E-state index in [1.54, 1.807) is 18.2 Å². The van der Waals surface area contributed by atoms with Crippen molar-refractivity contribution in [3.8, 4) is 17.2 Å². The summed E-state index contributed by atoms with van der Waals surface area (Å²) in [6.07, 6.45) is 0. The summed E-state index contributed by atoms with van der Waals surface area (Å²) in [5.41, 5.74) is 1.10. The van der Waals surface area contributed by atoms with Gasteiger partial charge in [0.25, 0.3) is 0 Å². The summed E-state index contributed by atoms with van der Waals surface area (Å²) in [6, 6.07) is 10.3. The van der Waals surface area contributed by atoms with Gasteiger partial charge in [0.15, 0.2) is 23.1 Å². The molecule has 122 valence electrons. The van der Waals surface area contributed by atoms with Crippen LogP contribution in [0.1, 0.15) is 5.56 Å². The topological polar surface area (TPSA) is 30.9 Å². The van der Waals surface area contributed by atoms with Crippen LogP contribution in [0, 0.1) is 5.82 Å². The molecule has 0 N–H and O–H groups in total. The van der Waals surface area contributed by atoms with Crippen LogP contribution in [0.3, 0.4) is 0 Å². The molecule has 0 aliphatic carbocycles. The van der Waals surface area contributed by atoms with Gasteiger partial charge in [-0.15, -0.1) is 0 Å². The van der Waals surface area contributed by atoms with E-state index in [2.05, 4.69) is 20.8 Å². The molecule has 1 heterocycles. The molecule has 0 radical (unpaired) electrons. The Bertz CT molecular complexity index is 696. The third kappa shape index (κ3) is 3.95. The predicted octanol–water partition coefficient (Wildman–Crippen LogP) is 3.83. The number of fused-ring (bicyclic) bond motifs is 1. The lowest BCUT2D eigenvalue weighted by Gasteiger charge is -2.18. The van der Waals surface area contributed by atoms with Crippen LogP contribution in [0.25, 0.3) is 0 Å². The maximum absolute atomic E-state index is 13.5. The minimum atomic E-state index is -0.339. The number of hydrogen-bond donors (Lipinski definition) is 0. The van der Waals surface area contributed by atoms with Crippen molar-refractivity contribution in [1.82, 2.24) is 4.90 Å². The zero-order valence-electron chi connectivity index (χ0n) is 12.7. The molecule has 0 amide bonds. The molecule has 2 aromatic carbocycles. The molecule has 0 unspecified atom stereocenters. The molecule has 0 spiro atoms. The first-order chi connectivity index (χ1) is 11.1. The van der Waals surface area contributed by atoms with Gasteiger partial charge in [0, 0.05) is 17.6 Å². The second-order valence-electron chi connectivity index (χ2n) is 5.31. The lowest BCUT2D eigenvalue weighted by atomic mass is 10.2. The van der Waals surface area contributed by atoms with Gasteiger partial charge in [-0.05, 0) is 36.9 Å². The average Bonchev–Trinajstić information content (AvgIpc) is 2.96. The summed E-state index contributed by atoms with van der Waals surface area (Å²) < 4.78 is 30.7. The van der Waals surface area contributed by atoms with E-state index in [9.17, 15) is 4.39 Å². The maximum Gasteiger partial charge on any atom is 0.231 e. The van der Waals surface area contributed by atoms with Crippen molar-refractivity contribution in [3.05, 3.63) is 52.3 Å². The van der Waals surface area contributed by atoms with E-state index in [1.807, 2.05) is 19.2 Å². The molecule has 6 heteroatoms. The Kier molecular flexibility index (Phi) is 5.03.